The molecule has 0 rings (SSSR count). The molecule has 0 aromatic carbocycles. The molecule has 0 aromatic rings. The number of aliphatic hydroxyl groups excluding tert-OH is 2. The van der Waals surface area contributed by atoms with Crippen LogP contribution in [0.5, 0.6) is 0 Å². The topological polar surface area (TPSA) is 95.9 Å². The Bertz CT molecular complexity index is 1290. The molecule has 6 heteroatoms. The fraction of sp³-hybridized carbons (Fsp3) is 0.859. The highest BCUT2D eigenvalue weighted by Crippen LogP contribution is 2.18. The van der Waals surface area contributed by atoms with Gasteiger partial charge in [-0.1, -0.05) is 313 Å². The molecule has 0 aliphatic heterocycles. The summed E-state index contributed by atoms with van der Waals surface area (Å²) in [5.41, 5.74) is 0. The summed E-state index contributed by atoms with van der Waals surface area (Å²) < 4.78 is 5.50. The Morgan fingerprint density at radius 2 is 0.649 bits per heavy atom. The van der Waals surface area contributed by atoms with Gasteiger partial charge in [0.05, 0.1) is 25.4 Å². The molecule has 2 atom stereocenters. The summed E-state index contributed by atoms with van der Waals surface area (Å²) in [7, 11) is 0. The molecule has 0 aromatic heterocycles. The van der Waals surface area contributed by atoms with Gasteiger partial charge in [-0.3, -0.25) is 9.59 Å². The largest absolute Gasteiger partial charge is 0.466 e. The van der Waals surface area contributed by atoms with Gasteiger partial charge in [0.2, 0.25) is 5.91 Å². The lowest BCUT2D eigenvalue weighted by molar-refractivity contribution is -0.143. The summed E-state index contributed by atoms with van der Waals surface area (Å²) in [4.78, 5) is 24.6. The van der Waals surface area contributed by atoms with Crippen LogP contribution < -0.4 is 5.32 Å². The van der Waals surface area contributed by atoms with Gasteiger partial charge in [0.25, 0.3) is 0 Å². The number of carbonyl (C=O) groups is 2. The summed E-state index contributed by atoms with van der Waals surface area (Å²) in [5, 5.41) is 23.1. The molecule has 0 aliphatic rings. The number of allylic oxidation sites excluding steroid dienone is 7. The molecule has 0 aliphatic carbocycles. The molecule has 1 amide bonds. The number of carbonyl (C=O) groups excluding carboxylic acids is 2. The first kappa shape index (κ1) is 74.8. The maximum atomic E-state index is 12.5. The number of amides is 1. The van der Waals surface area contributed by atoms with Gasteiger partial charge >= 0.3 is 5.97 Å². The molecule has 452 valence electrons. The highest BCUT2D eigenvalue weighted by molar-refractivity contribution is 5.76. The van der Waals surface area contributed by atoms with Crippen LogP contribution in [-0.2, 0) is 14.3 Å². The Morgan fingerprint density at radius 1 is 0.364 bits per heavy atom. The molecule has 77 heavy (non-hydrogen) atoms. The second kappa shape index (κ2) is 66.3. The fourth-order valence-corrected chi connectivity index (χ4v) is 10.5. The van der Waals surface area contributed by atoms with Gasteiger partial charge in [0.15, 0.2) is 0 Å². The zero-order valence-electron chi connectivity index (χ0n) is 51.7. The number of unbranched alkanes of at least 4 members (excludes halogenated alkanes) is 47. The van der Waals surface area contributed by atoms with Gasteiger partial charge in [-0.05, 0) is 89.9 Å². The Morgan fingerprint density at radius 3 is 1.01 bits per heavy atom. The van der Waals surface area contributed by atoms with Crippen LogP contribution >= 0.6 is 0 Å². The fourth-order valence-electron chi connectivity index (χ4n) is 10.5. The first-order chi connectivity index (χ1) is 38.0. The van der Waals surface area contributed by atoms with E-state index in [4.69, 9.17) is 4.74 Å². The van der Waals surface area contributed by atoms with Crippen molar-refractivity contribution >= 4 is 11.9 Å². The lowest BCUT2D eigenvalue weighted by Crippen LogP contribution is -2.45. The summed E-state index contributed by atoms with van der Waals surface area (Å²) >= 11 is 0. The average molecular weight is 1080 g/mol. The minimum atomic E-state index is -0.844. The number of hydrogen-bond acceptors (Lipinski definition) is 5. The second-order valence-corrected chi connectivity index (χ2v) is 23.5. The lowest BCUT2D eigenvalue weighted by atomic mass is 10.0. The lowest BCUT2D eigenvalue weighted by Gasteiger charge is -2.20. The SMILES string of the molecule is CCCCCC/C=C\C/C=C\CCCCCCCCCC(=O)OCCCCCCCCCCCCCC/C=C\CCCCCCCCCCCCCCC(=O)NC(CO)C(O)/C=C/CCCCCCCCCCCCCC. The van der Waals surface area contributed by atoms with E-state index < -0.39 is 12.1 Å². The van der Waals surface area contributed by atoms with E-state index in [1.54, 1.807) is 6.08 Å². The van der Waals surface area contributed by atoms with Gasteiger partial charge in [-0.2, -0.15) is 0 Å². The summed E-state index contributed by atoms with van der Waals surface area (Å²) in [6.45, 7) is 4.90. The van der Waals surface area contributed by atoms with E-state index in [1.165, 1.54) is 289 Å². The van der Waals surface area contributed by atoms with Crippen molar-refractivity contribution in [2.45, 2.75) is 379 Å². The Kier molecular flexibility index (Phi) is 64.5. The summed E-state index contributed by atoms with van der Waals surface area (Å²) in [6.07, 6.45) is 86.1. The highest BCUT2D eigenvalue weighted by atomic mass is 16.5. The molecule has 0 spiro atoms. The quantitative estimate of drug-likeness (QED) is 0.0320. The molecule has 6 nitrogen and oxygen atoms in total. The smallest absolute Gasteiger partial charge is 0.305 e. The number of nitrogens with one attached hydrogen (secondary N) is 1. The minimum absolute atomic E-state index is 0.00814. The van der Waals surface area contributed by atoms with Crippen molar-refractivity contribution in [3.05, 3.63) is 48.6 Å². The third-order valence-corrected chi connectivity index (χ3v) is 15.8. The molecule has 0 radical (unpaired) electrons. The Hall–Kier alpha value is -2.18. The molecular formula is C71H133NO5. The normalized spacial score (nSPS) is 12.8. The van der Waals surface area contributed by atoms with Crippen LogP contribution in [0.4, 0.5) is 0 Å². The Labute approximate surface area is 480 Å². The number of esters is 1. The first-order valence-corrected chi connectivity index (χ1v) is 34.4. The van der Waals surface area contributed by atoms with Crippen LogP contribution in [-0.4, -0.2) is 47.4 Å². The van der Waals surface area contributed by atoms with E-state index in [1.807, 2.05) is 6.08 Å². The van der Waals surface area contributed by atoms with Gasteiger partial charge in [0.1, 0.15) is 0 Å². The average Bonchev–Trinajstić information content (AvgIpc) is 3.43. The van der Waals surface area contributed by atoms with Gasteiger partial charge < -0.3 is 20.3 Å². The molecule has 3 N–H and O–H groups in total. The van der Waals surface area contributed by atoms with E-state index in [9.17, 15) is 19.8 Å². The van der Waals surface area contributed by atoms with E-state index >= 15 is 0 Å². The van der Waals surface area contributed by atoms with Crippen molar-refractivity contribution in [1.82, 2.24) is 5.32 Å². The van der Waals surface area contributed by atoms with Crippen molar-refractivity contribution < 1.29 is 24.5 Å². The summed E-state index contributed by atoms with van der Waals surface area (Å²) in [6, 6.07) is -0.628. The van der Waals surface area contributed by atoms with Crippen molar-refractivity contribution in [1.29, 1.82) is 0 Å². The van der Waals surface area contributed by atoms with Crippen LogP contribution in [0.25, 0.3) is 0 Å². The molecule has 0 bridgehead atoms. The number of rotatable bonds is 64. The standard InChI is InChI=1S/C71H133NO5/c1-3-5-7-9-11-13-15-17-19-20-34-37-41-45-49-53-57-61-65-71(76)77-66-62-58-54-50-46-42-38-35-32-30-28-26-24-22-21-23-25-27-29-31-33-36-40-44-48-52-56-60-64-70(75)72-68(67-73)69(74)63-59-55-51-47-43-39-18-16-14-12-10-8-6-4-2/h13,15,19-22,59,63,68-69,73-74H,3-12,14,16-18,23-58,60-62,64-67H2,1-2H3,(H,72,75)/b15-13-,20-19-,22-21-,63-59+. The molecule has 0 heterocycles. The zero-order chi connectivity index (χ0) is 55.7. The zero-order valence-corrected chi connectivity index (χ0v) is 51.7. The van der Waals surface area contributed by atoms with E-state index in [-0.39, 0.29) is 18.5 Å². The van der Waals surface area contributed by atoms with Crippen LogP contribution in [0.3, 0.4) is 0 Å². The van der Waals surface area contributed by atoms with E-state index in [0.717, 1.165) is 51.4 Å². The van der Waals surface area contributed by atoms with Crippen LogP contribution in [0.1, 0.15) is 367 Å². The molecular weight excluding hydrogens is 947 g/mol. The number of ether oxygens (including phenoxy) is 1. The van der Waals surface area contributed by atoms with E-state index in [0.29, 0.717) is 19.4 Å². The molecule has 2 unspecified atom stereocenters. The number of hydrogen-bond donors (Lipinski definition) is 3. The monoisotopic (exact) mass is 1080 g/mol. The van der Waals surface area contributed by atoms with Crippen LogP contribution in [0.2, 0.25) is 0 Å². The third kappa shape index (κ3) is 62.9. The molecule has 0 fully saturated rings. The predicted molar refractivity (Wildman–Crippen MR) is 338 cm³/mol. The van der Waals surface area contributed by atoms with Gasteiger partial charge in [-0.15, -0.1) is 0 Å². The van der Waals surface area contributed by atoms with Crippen molar-refractivity contribution in [2.24, 2.45) is 0 Å². The third-order valence-electron chi connectivity index (χ3n) is 15.8. The van der Waals surface area contributed by atoms with Crippen LogP contribution in [0, 0.1) is 0 Å². The van der Waals surface area contributed by atoms with Crippen LogP contribution in [0.15, 0.2) is 48.6 Å². The first-order valence-electron chi connectivity index (χ1n) is 34.4. The molecule has 0 saturated heterocycles. The number of aliphatic hydroxyl groups is 2. The maximum absolute atomic E-state index is 12.5. The maximum Gasteiger partial charge on any atom is 0.305 e. The van der Waals surface area contributed by atoms with Crippen molar-refractivity contribution in [2.75, 3.05) is 13.2 Å². The van der Waals surface area contributed by atoms with Gasteiger partial charge in [0, 0.05) is 12.8 Å². The van der Waals surface area contributed by atoms with E-state index in [2.05, 4.69) is 55.6 Å². The van der Waals surface area contributed by atoms with Gasteiger partial charge in [-0.25, -0.2) is 0 Å². The predicted octanol–water partition coefficient (Wildman–Crippen LogP) is 22.1. The van der Waals surface area contributed by atoms with Crippen molar-refractivity contribution in [3.63, 3.8) is 0 Å². The summed E-state index contributed by atoms with van der Waals surface area (Å²) in [5.74, 6) is -0.0588. The second-order valence-electron chi connectivity index (χ2n) is 23.5. The Balaban J connectivity index is 3.39. The highest BCUT2D eigenvalue weighted by Gasteiger charge is 2.18. The minimum Gasteiger partial charge on any atom is -0.466 e. The molecule has 0 saturated carbocycles. The van der Waals surface area contributed by atoms with Crippen molar-refractivity contribution in [3.8, 4) is 0 Å².